The van der Waals surface area contributed by atoms with Gasteiger partial charge in [0.2, 0.25) is 11.8 Å². The summed E-state index contributed by atoms with van der Waals surface area (Å²) in [7, 11) is 3.40. The van der Waals surface area contributed by atoms with Crippen LogP contribution in [0, 0.1) is 5.41 Å². The van der Waals surface area contributed by atoms with Gasteiger partial charge in [-0.2, -0.15) is 0 Å². The van der Waals surface area contributed by atoms with E-state index in [1.54, 1.807) is 19.0 Å². The number of thiophene rings is 1. The van der Waals surface area contributed by atoms with Crippen LogP contribution in [0.4, 0.5) is 0 Å². The maximum Gasteiger partial charge on any atom is 0.263 e. The van der Waals surface area contributed by atoms with E-state index in [2.05, 4.69) is 0 Å². The largest absolute Gasteiger partial charge is 0.347 e. The summed E-state index contributed by atoms with van der Waals surface area (Å²) in [5.74, 6) is 0.0940. The fourth-order valence-electron chi connectivity index (χ4n) is 3.51. The molecule has 3 heterocycles. The Kier molecular flexibility index (Phi) is 4.62. The van der Waals surface area contributed by atoms with E-state index in [0.29, 0.717) is 32.5 Å². The molecule has 0 unspecified atom stereocenters. The van der Waals surface area contributed by atoms with Crippen LogP contribution in [-0.4, -0.2) is 72.7 Å². The van der Waals surface area contributed by atoms with E-state index in [1.165, 1.54) is 16.2 Å². The molecule has 7 heteroatoms. The van der Waals surface area contributed by atoms with Gasteiger partial charge >= 0.3 is 0 Å². The van der Waals surface area contributed by atoms with E-state index in [1.807, 2.05) is 22.4 Å². The lowest BCUT2D eigenvalue weighted by atomic mass is 9.77. The molecule has 2 aliphatic heterocycles. The monoisotopic (exact) mass is 349 g/mol. The molecule has 0 aromatic carbocycles. The number of nitrogens with zero attached hydrogens (tertiary/aromatic N) is 3. The molecule has 1 aromatic heterocycles. The Morgan fingerprint density at radius 3 is 2.46 bits per heavy atom. The molecule has 0 saturated carbocycles. The van der Waals surface area contributed by atoms with Gasteiger partial charge in [0.25, 0.3) is 5.91 Å². The molecule has 130 valence electrons. The summed E-state index contributed by atoms with van der Waals surface area (Å²) >= 11 is 1.45. The van der Waals surface area contributed by atoms with Crippen LogP contribution in [0.15, 0.2) is 17.5 Å². The summed E-state index contributed by atoms with van der Waals surface area (Å²) in [5.41, 5.74) is -0.376. The minimum absolute atomic E-state index is 0.0503. The van der Waals surface area contributed by atoms with E-state index in [9.17, 15) is 14.4 Å². The maximum absolute atomic E-state index is 12.8. The lowest BCUT2D eigenvalue weighted by Crippen LogP contribution is -2.47. The van der Waals surface area contributed by atoms with Crippen molar-refractivity contribution in [3.8, 4) is 0 Å². The number of piperidine rings is 1. The Morgan fingerprint density at radius 1 is 1.21 bits per heavy atom. The summed E-state index contributed by atoms with van der Waals surface area (Å²) in [4.78, 5) is 42.9. The van der Waals surface area contributed by atoms with Gasteiger partial charge in [0.05, 0.1) is 16.8 Å². The van der Waals surface area contributed by atoms with Crippen LogP contribution >= 0.6 is 11.3 Å². The van der Waals surface area contributed by atoms with Crippen molar-refractivity contribution in [2.45, 2.75) is 19.3 Å². The van der Waals surface area contributed by atoms with Crippen molar-refractivity contribution in [3.63, 3.8) is 0 Å². The summed E-state index contributed by atoms with van der Waals surface area (Å²) in [5, 5.41) is 1.90. The van der Waals surface area contributed by atoms with Crippen LogP contribution < -0.4 is 0 Å². The molecule has 1 spiro atoms. The third kappa shape index (κ3) is 3.05. The highest BCUT2D eigenvalue weighted by Crippen LogP contribution is 2.41. The molecule has 0 atom stereocenters. The molecule has 0 bridgehead atoms. The predicted molar refractivity (Wildman–Crippen MR) is 91.8 cm³/mol. The zero-order chi connectivity index (χ0) is 17.3. The van der Waals surface area contributed by atoms with Gasteiger partial charge in [-0.05, 0) is 30.7 Å². The Morgan fingerprint density at radius 2 is 1.88 bits per heavy atom. The molecule has 0 N–H and O–H groups in total. The second-order valence-corrected chi connectivity index (χ2v) is 7.76. The summed E-state index contributed by atoms with van der Waals surface area (Å²) in [6, 6.07) is 3.72. The molecule has 3 rings (SSSR count). The number of rotatable bonds is 3. The third-order valence-electron chi connectivity index (χ3n) is 5.17. The normalized spacial score (nSPS) is 19.8. The van der Waals surface area contributed by atoms with E-state index < -0.39 is 0 Å². The zero-order valence-corrected chi connectivity index (χ0v) is 15.0. The van der Waals surface area contributed by atoms with E-state index in [4.69, 9.17) is 0 Å². The second kappa shape index (κ2) is 6.55. The number of carbonyl (C=O) groups is 3. The van der Waals surface area contributed by atoms with Crippen LogP contribution in [0.1, 0.15) is 28.9 Å². The van der Waals surface area contributed by atoms with Gasteiger partial charge in [0.1, 0.15) is 0 Å². The highest BCUT2D eigenvalue weighted by atomic mass is 32.1. The van der Waals surface area contributed by atoms with Crippen LogP contribution in [0.25, 0.3) is 0 Å². The summed E-state index contributed by atoms with van der Waals surface area (Å²) in [6.45, 7) is 2.01. The second-order valence-electron chi connectivity index (χ2n) is 6.81. The van der Waals surface area contributed by atoms with Gasteiger partial charge in [-0.1, -0.05) is 6.07 Å². The first-order valence-corrected chi connectivity index (χ1v) is 9.13. The lowest BCUT2D eigenvalue weighted by molar-refractivity contribution is -0.142. The number of amides is 3. The number of carbonyl (C=O) groups excluding carboxylic acids is 3. The Hall–Kier alpha value is -1.89. The average molecular weight is 349 g/mol. The number of hydrogen-bond acceptors (Lipinski definition) is 4. The fraction of sp³-hybridized carbons (Fsp3) is 0.588. The van der Waals surface area contributed by atoms with Crippen LogP contribution in [-0.2, 0) is 9.59 Å². The SMILES string of the molecule is CN(C)C(=O)CN1CCC2(CCN(C(=O)c3cccs3)CC2)C1=O. The molecule has 1 aromatic rings. The topological polar surface area (TPSA) is 60.9 Å². The third-order valence-corrected chi connectivity index (χ3v) is 6.02. The smallest absolute Gasteiger partial charge is 0.263 e. The number of likely N-dealkylation sites (tertiary alicyclic amines) is 2. The highest BCUT2D eigenvalue weighted by Gasteiger charge is 2.48. The Labute approximate surface area is 146 Å². The van der Waals surface area contributed by atoms with E-state index in [-0.39, 0.29) is 29.7 Å². The van der Waals surface area contributed by atoms with Crippen molar-refractivity contribution in [1.82, 2.24) is 14.7 Å². The standard InChI is InChI=1S/C17H23N3O3S/c1-18(2)14(21)12-20-10-7-17(16(20)23)5-8-19(9-6-17)15(22)13-4-3-11-24-13/h3-4,11H,5-10,12H2,1-2H3. The predicted octanol–water partition coefficient (Wildman–Crippen LogP) is 1.29. The Bertz CT molecular complexity index is 634. The van der Waals surface area contributed by atoms with Crippen LogP contribution in [0.5, 0.6) is 0 Å². The molecule has 6 nitrogen and oxygen atoms in total. The van der Waals surface area contributed by atoms with Crippen molar-refractivity contribution >= 4 is 29.1 Å². The average Bonchev–Trinajstić information content (AvgIpc) is 3.20. The van der Waals surface area contributed by atoms with Gasteiger partial charge in [-0.15, -0.1) is 11.3 Å². The first kappa shape index (κ1) is 17.0. The summed E-state index contributed by atoms with van der Waals surface area (Å²) < 4.78 is 0. The van der Waals surface area contributed by atoms with Gasteiger partial charge in [-0.3, -0.25) is 14.4 Å². The molecule has 2 saturated heterocycles. The first-order valence-electron chi connectivity index (χ1n) is 8.25. The number of hydrogen-bond donors (Lipinski definition) is 0. The minimum atomic E-state index is -0.376. The number of likely N-dealkylation sites (N-methyl/N-ethyl adjacent to an activating group) is 1. The lowest BCUT2D eigenvalue weighted by Gasteiger charge is -2.37. The van der Waals surface area contributed by atoms with Crippen LogP contribution in [0.2, 0.25) is 0 Å². The maximum atomic E-state index is 12.8. The molecule has 0 aliphatic carbocycles. The van der Waals surface area contributed by atoms with E-state index in [0.717, 1.165) is 11.3 Å². The van der Waals surface area contributed by atoms with E-state index >= 15 is 0 Å². The van der Waals surface area contributed by atoms with Gasteiger partial charge < -0.3 is 14.7 Å². The first-order chi connectivity index (χ1) is 11.4. The molecule has 2 aliphatic rings. The Balaban J connectivity index is 1.60. The summed E-state index contributed by atoms with van der Waals surface area (Å²) in [6.07, 6.45) is 2.17. The van der Waals surface area contributed by atoms with Crippen molar-refractivity contribution < 1.29 is 14.4 Å². The molecule has 3 amide bonds. The molecule has 0 radical (unpaired) electrons. The van der Waals surface area contributed by atoms with Gasteiger partial charge in [-0.25, -0.2) is 0 Å². The molecule has 24 heavy (non-hydrogen) atoms. The zero-order valence-electron chi connectivity index (χ0n) is 14.2. The van der Waals surface area contributed by atoms with Crippen LogP contribution in [0.3, 0.4) is 0 Å². The molecule has 2 fully saturated rings. The van der Waals surface area contributed by atoms with Crippen molar-refractivity contribution in [3.05, 3.63) is 22.4 Å². The van der Waals surface area contributed by atoms with Gasteiger partial charge in [0.15, 0.2) is 0 Å². The van der Waals surface area contributed by atoms with Crippen molar-refractivity contribution in [1.29, 1.82) is 0 Å². The molecular formula is C17H23N3O3S. The fourth-order valence-corrected chi connectivity index (χ4v) is 4.20. The van der Waals surface area contributed by atoms with Crippen molar-refractivity contribution in [2.75, 3.05) is 40.3 Å². The minimum Gasteiger partial charge on any atom is -0.347 e. The quantitative estimate of drug-likeness (QED) is 0.826. The van der Waals surface area contributed by atoms with Crippen molar-refractivity contribution in [2.24, 2.45) is 5.41 Å². The van der Waals surface area contributed by atoms with Gasteiger partial charge in [0, 0.05) is 33.7 Å². The molecular weight excluding hydrogens is 326 g/mol. The highest BCUT2D eigenvalue weighted by molar-refractivity contribution is 7.12.